The van der Waals surface area contributed by atoms with Crippen LogP contribution in [0, 0.1) is 5.92 Å². The number of hydrogen-bond acceptors (Lipinski definition) is 4. The molecular formula is C15H22N4O. The number of nitrogen functional groups attached to an aromatic ring is 1. The topological polar surface area (TPSA) is 70.4 Å². The van der Waals surface area contributed by atoms with Crippen LogP contribution in [-0.2, 0) is 11.2 Å². The SMILES string of the molecule is CN1CCC(CNc2cc3c(cc2N)CCC(=O)N3)C1. The molecule has 0 aromatic heterocycles. The molecule has 108 valence electrons. The molecule has 0 saturated carbocycles. The zero-order valence-electron chi connectivity index (χ0n) is 11.9. The summed E-state index contributed by atoms with van der Waals surface area (Å²) in [5.74, 6) is 0.760. The highest BCUT2D eigenvalue weighted by Crippen LogP contribution is 2.31. The maximum absolute atomic E-state index is 11.5. The van der Waals surface area contributed by atoms with Crippen LogP contribution in [0.4, 0.5) is 17.1 Å². The third-order valence-corrected chi connectivity index (χ3v) is 4.24. The molecule has 4 N–H and O–H groups in total. The normalized spacial score (nSPS) is 22.4. The van der Waals surface area contributed by atoms with E-state index in [1.807, 2.05) is 12.1 Å². The lowest BCUT2D eigenvalue weighted by atomic mass is 10.0. The molecule has 1 amide bonds. The van der Waals surface area contributed by atoms with Crippen LogP contribution in [0.25, 0.3) is 0 Å². The number of nitrogens with zero attached hydrogens (tertiary/aromatic N) is 1. The van der Waals surface area contributed by atoms with Crippen LogP contribution >= 0.6 is 0 Å². The third-order valence-electron chi connectivity index (χ3n) is 4.24. The molecule has 2 aliphatic rings. The van der Waals surface area contributed by atoms with E-state index in [0.29, 0.717) is 12.3 Å². The van der Waals surface area contributed by atoms with Crippen LogP contribution in [0.1, 0.15) is 18.4 Å². The van der Waals surface area contributed by atoms with Gasteiger partial charge in [0.15, 0.2) is 0 Å². The molecule has 0 bridgehead atoms. The smallest absolute Gasteiger partial charge is 0.224 e. The fraction of sp³-hybridized carbons (Fsp3) is 0.533. The van der Waals surface area contributed by atoms with E-state index in [-0.39, 0.29) is 5.91 Å². The Hall–Kier alpha value is -1.75. The summed E-state index contributed by atoms with van der Waals surface area (Å²) in [5.41, 5.74) is 9.84. The van der Waals surface area contributed by atoms with Gasteiger partial charge in [-0.15, -0.1) is 0 Å². The Morgan fingerprint density at radius 2 is 2.30 bits per heavy atom. The van der Waals surface area contributed by atoms with E-state index in [0.717, 1.165) is 42.1 Å². The molecule has 5 heteroatoms. The molecule has 1 aromatic carbocycles. The molecule has 3 rings (SSSR count). The Morgan fingerprint density at radius 1 is 1.45 bits per heavy atom. The number of rotatable bonds is 3. The Kier molecular flexibility index (Phi) is 3.53. The predicted molar refractivity (Wildman–Crippen MR) is 81.9 cm³/mol. The molecule has 1 fully saturated rings. The van der Waals surface area contributed by atoms with Crippen molar-refractivity contribution in [2.24, 2.45) is 5.92 Å². The first-order valence-electron chi connectivity index (χ1n) is 7.26. The maximum Gasteiger partial charge on any atom is 0.224 e. The Labute approximate surface area is 119 Å². The summed E-state index contributed by atoms with van der Waals surface area (Å²) in [5, 5.41) is 6.36. The number of nitrogens with two attached hydrogens (primary N) is 1. The molecule has 0 spiro atoms. The van der Waals surface area contributed by atoms with Crippen LogP contribution in [0.15, 0.2) is 12.1 Å². The maximum atomic E-state index is 11.5. The van der Waals surface area contributed by atoms with Crippen LogP contribution in [0.5, 0.6) is 0 Å². The highest BCUT2D eigenvalue weighted by atomic mass is 16.1. The molecule has 0 aliphatic carbocycles. The number of benzene rings is 1. The Morgan fingerprint density at radius 3 is 3.05 bits per heavy atom. The van der Waals surface area contributed by atoms with E-state index in [4.69, 9.17) is 5.73 Å². The second-order valence-corrected chi connectivity index (χ2v) is 5.94. The van der Waals surface area contributed by atoms with E-state index >= 15 is 0 Å². The number of fused-ring (bicyclic) bond motifs is 1. The lowest BCUT2D eigenvalue weighted by Gasteiger charge is -2.20. The van der Waals surface area contributed by atoms with Crippen LogP contribution in [0.2, 0.25) is 0 Å². The van der Waals surface area contributed by atoms with Crippen molar-refractivity contribution >= 4 is 23.0 Å². The first kappa shape index (κ1) is 13.2. The summed E-state index contributed by atoms with van der Waals surface area (Å²) in [4.78, 5) is 13.8. The summed E-state index contributed by atoms with van der Waals surface area (Å²) < 4.78 is 0. The third kappa shape index (κ3) is 2.72. The van der Waals surface area contributed by atoms with Gasteiger partial charge in [0.1, 0.15) is 0 Å². The van der Waals surface area contributed by atoms with Gasteiger partial charge >= 0.3 is 0 Å². The highest BCUT2D eigenvalue weighted by Gasteiger charge is 2.20. The quantitative estimate of drug-likeness (QED) is 0.731. The number of aryl methyl sites for hydroxylation is 1. The Balaban J connectivity index is 1.70. The average molecular weight is 274 g/mol. The van der Waals surface area contributed by atoms with E-state index < -0.39 is 0 Å². The number of carbonyl (C=O) groups is 1. The number of anilines is 3. The van der Waals surface area contributed by atoms with Crippen molar-refractivity contribution in [3.8, 4) is 0 Å². The standard InChI is InChI=1S/C15H22N4O/c1-19-5-4-10(9-19)8-17-14-7-13-11(6-12(14)16)2-3-15(20)18-13/h6-7,10,17H,2-5,8-9,16H2,1H3,(H,18,20). The molecule has 1 saturated heterocycles. The molecule has 0 radical (unpaired) electrons. The summed E-state index contributed by atoms with van der Waals surface area (Å²) in [6, 6.07) is 3.96. The minimum absolute atomic E-state index is 0.0886. The summed E-state index contributed by atoms with van der Waals surface area (Å²) in [7, 11) is 2.16. The van der Waals surface area contributed by atoms with Crippen LogP contribution < -0.4 is 16.4 Å². The minimum atomic E-state index is 0.0886. The lowest BCUT2D eigenvalue weighted by Crippen LogP contribution is -2.21. The second kappa shape index (κ2) is 5.32. The molecule has 1 unspecified atom stereocenters. The number of amides is 1. The van der Waals surface area contributed by atoms with Gasteiger partial charge in [0, 0.05) is 25.2 Å². The number of hydrogen-bond donors (Lipinski definition) is 3. The predicted octanol–water partition coefficient (Wildman–Crippen LogP) is 1.52. The van der Waals surface area contributed by atoms with Crippen molar-refractivity contribution < 1.29 is 4.79 Å². The van der Waals surface area contributed by atoms with E-state index in [9.17, 15) is 4.79 Å². The second-order valence-electron chi connectivity index (χ2n) is 5.94. The fourth-order valence-electron chi connectivity index (χ4n) is 3.05. The van der Waals surface area contributed by atoms with Gasteiger partial charge in [-0.2, -0.15) is 0 Å². The van der Waals surface area contributed by atoms with Crippen molar-refractivity contribution in [3.05, 3.63) is 17.7 Å². The number of carbonyl (C=O) groups excluding carboxylic acids is 1. The van der Waals surface area contributed by atoms with Crippen molar-refractivity contribution in [2.45, 2.75) is 19.3 Å². The van der Waals surface area contributed by atoms with E-state index in [1.54, 1.807) is 0 Å². The van der Waals surface area contributed by atoms with Crippen molar-refractivity contribution in [1.82, 2.24) is 4.90 Å². The van der Waals surface area contributed by atoms with Crippen molar-refractivity contribution in [1.29, 1.82) is 0 Å². The molecule has 1 atom stereocenters. The van der Waals surface area contributed by atoms with Gasteiger partial charge < -0.3 is 21.3 Å². The van der Waals surface area contributed by atoms with Gasteiger partial charge in [-0.3, -0.25) is 4.79 Å². The average Bonchev–Trinajstić information content (AvgIpc) is 2.83. The van der Waals surface area contributed by atoms with Crippen LogP contribution in [0.3, 0.4) is 0 Å². The molecule has 2 aliphatic heterocycles. The minimum Gasteiger partial charge on any atom is -0.397 e. The van der Waals surface area contributed by atoms with E-state index in [1.165, 1.54) is 13.0 Å². The van der Waals surface area contributed by atoms with Crippen molar-refractivity contribution in [2.75, 3.05) is 43.0 Å². The molecule has 5 nitrogen and oxygen atoms in total. The van der Waals surface area contributed by atoms with E-state index in [2.05, 4.69) is 22.6 Å². The molecule has 2 heterocycles. The van der Waals surface area contributed by atoms with Crippen molar-refractivity contribution in [3.63, 3.8) is 0 Å². The van der Waals surface area contributed by atoms with Gasteiger partial charge in [0.05, 0.1) is 11.4 Å². The Bertz CT molecular complexity index is 529. The molecule has 20 heavy (non-hydrogen) atoms. The summed E-state index contributed by atoms with van der Waals surface area (Å²) in [6.45, 7) is 3.23. The monoisotopic (exact) mass is 274 g/mol. The van der Waals surface area contributed by atoms with Gasteiger partial charge in [0.25, 0.3) is 0 Å². The zero-order valence-corrected chi connectivity index (χ0v) is 11.9. The lowest BCUT2D eigenvalue weighted by molar-refractivity contribution is -0.116. The molecule has 1 aromatic rings. The van der Waals surface area contributed by atoms with Gasteiger partial charge in [-0.1, -0.05) is 0 Å². The largest absolute Gasteiger partial charge is 0.397 e. The zero-order chi connectivity index (χ0) is 14.1. The fourth-order valence-corrected chi connectivity index (χ4v) is 3.05. The number of nitrogens with one attached hydrogen (secondary N) is 2. The summed E-state index contributed by atoms with van der Waals surface area (Å²) in [6.07, 6.45) is 2.55. The first-order valence-corrected chi connectivity index (χ1v) is 7.26. The van der Waals surface area contributed by atoms with Crippen LogP contribution in [-0.4, -0.2) is 37.5 Å². The van der Waals surface area contributed by atoms with Gasteiger partial charge in [-0.05, 0) is 50.0 Å². The highest BCUT2D eigenvalue weighted by molar-refractivity contribution is 5.95. The van der Waals surface area contributed by atoms with Gasteiger partial charge in [0.2, 0.25) is 5.91 Å². The number of likely N-dealkylation sites (tertiary alicyclic amines) is 1. The first-order chi connectivity index (χ1) is 9.61. The summed E-state index contributed by atoms with van der Waals surface area (Å²) >= 11 is 0. The van der Waals surface area contributed by atoms with Gasteiger partial charge in [-0.25, -0.2) is 0 Å². The molecular weight excluding hydrogens is 252 g/mol.